The van der Waals surface area contributed by atoms with Crippen LogP contribution in [0, 0.1) is 14.1 Å². The number of aromatic nitrogens is 1. The Morgan fingerprint density at radius 3 is 2.58 bits per heavy atom. The fourth-order valence-electron chi connectivity index (χ4n) is 0.531. The molecule has 0 saturated heterocycles. The lowest BCUT2D eigenvalue weighted by atomic mass is 10.5. The summed E-state index contributed by atoms with van der Waals surface area (Å²) in [5.41, 5.74) is 0. The molecule has 0 fully saturated rings. The van der Waals surface area contributed by atoms with Gasteiger partial charge in [-0.2, -0.15) is 0 Å². The van der Waals surface area contributed by atoms with E-state index in [0.29, 0.717) is 0 Å². The largest absolute Gasteiger partial charge is 0.336 e. The lowest BCUT2D eigenvalue weighted by molar-refractivity contribution is -1.91. The Morgan fingerprint density at radius 1 is 1.42 bits per heavy atom. The van der Waals surface area contributed by atoms with Gasteiger partial charge in [-0.15, -0.1) is 0 Å². The summed E-state index contributed by atoms with van der Waals surface area (Å²) in [6, 6.07) is 2.79. The fourth-order valence-corrected chi connectivity index (χ4v) is 1.77. The summed E-state index contributed by atoms with van der Waals surface area (Å²) in [5.74, 6) is -0.0926. The van der Waals surface area contributed by atoms with Gasteiger partial charge in [0.15, 0.2) is 4.60 Å². The van der Waals surface area contributed by atoms with E-state index in [9.17, 15) is 12.6 Å². The molecule has 66 valence electrons. The first kappa shape index (κ1) is 9.87. The van der Waals surface area contributed by atoms with Gasteiger partial charge < -0.3 is 0 Å². The van der Waals surface area contributed by atoms with E-state index in [1.807, 2.05) is 0 Å². The Labute approximate surface area is 80.3 Å². The van der Waals surface area contributed by atoms with Crippen LogP contribution in [-0.2, 0) is 0 Å². The van der Waals surface area contributed by atoms with Crippen LogP contribution in [0.25, 0.3) is 0 Å². The molecule has 0 aromatic carbocycles. The maximum absolute atomic E-state index is 10.2. The monoisotopic (exact) mass is 299 g/mol. The highest BCUT2D eigenvalue weighted by molar-refractivity contribution is 9.10. The van der Waals surface area contributed by atoms with Crippen molar-refractivity contribution >= 4 is 15.9 Å². The Balaban J connectivity index is 2.83. The molecule has 0 radical (unpaired) electrons. The second kappa shape index (κ2) is 3.67. The molecule has 0 unspecified atom stereocenters. The van der Waals surface area contributed by atoms with Crippen molar-refractivity contribution in [1.29, 1.82) is 0 Å². The molecule has 0 bridgehead atoms. The van der Waals surface area contributed by atoms with Crippen LogP contribution < -0.4 is 16.4 Å². The molecule has 12 heavy (non-hydrogen) atoms. The van der Waals surface area contributed by atoms with Crippen molar-refractivity contribution in [3.05, 3.63) is 22.9 Å². The summed E-state index contributed by atoms with van der Waals surface area (Å²) in [4.78, 5) is 3.66. The van der Waals surface area contributed by atoms with Crippen molar-refractivity contribution in [2.24, 2.45) is 0 Å². The van der Waals surface area contributed by atoms with Crippen molar-refractivity contribution in [3.8, 4) is 5.75 Å². The molecule has 7 heteroatoms. The number of halogens is 2. The first-order valence-electron chi connectivity index (χ1n) is 2.70. The van der Waals surface area contributed by atoms with E-state index in [-0.39, 0.29) is 10.4 Å². The topological polar surface area (TPSA) is 91.3 Å². The minimum Gasteiger partial charge on any atom is -0.245 e. The van der Waals surface area contributed by atoms with Crippen molar-refractivity contribution in [3.63, 3.8) is 0 Å². The van der Waals surface area contributed by atoms with Gasteiger partial charge in [-0.05, 0) is 28.1 Å². The van der Waals surface area contributed by atoms with Crippen LogP contribution in [0.5, 0.6) is 5.75 Å². The molecule has 1 aromatic rings. The SMILES string of the molecule is [O-][Br+3]([O-])([O-])Oc1cccnc1Br. The van der Waals surface area contributed by atoms with Crippen LogP contribution in [0.3, 0.4) is 0 Å². The summed E-state index contributed by atoms with van der Waals surface area (Å²) in [7, 11) is 0. The maximum atomic E-state index is 10.2. The average molecular weight is 301 g/mol. The highest BCUT2D eigenvalue weighted by Gasteiger charge is 2.26. The van der Waals surface area contributed by atoms with Gasteiger partial charge in [0.05, 0.1) is 0 Å². The van der Waals surface area contributed by atoms with Crippen LogP contribution in [-0.4, -0.2) is 4.98 Å². The number of nitrogens with zero attached hydrogens (tertiary/aromatic N) is 1. The van der Waals surface area contributed by atoms with Crippen LogP contribution in [0.2, 0.25) is 0 Å². The van der Waals surface area contributed by atoms with Crippen LogP contribution in [0.4, 0.5) is 0 Å². The molecule has 0 N–H and O–H groups in total. The van der Waals surface area contributed by atoms with Crippen molar-refractivity contribution in [1.82, 2.24) is 4.98 Å². The molecule has 0 atom stereocenters. The fraction of sp³-hybridized carbons (Fsp3) is 0. The minimum absolute atomic E-state index is 0.0926. The Morgan fingerprint density at radius 2 is 2.08 bits per heavy atom. The second-order valence-corrected chi connectivity index (χ2v) is 4.41. The molecule has 0 amide bonds. The van der Waals surface area contributed by atoms with E-state index in [1.165, 1.54) is 18.3 Å². The van der Waals surface area contributed by atoms with Gasteiger partial charge in [0.25, 0.3) is 0 Å². The first-order valence-corrected chi connectivity index (χ1v) is 6.08. The zero-order valence-corrected chi connectivity index (χ0v) is 8.74. The number of hydrogen-bond donors (Lipinski definition) is 0. The van der Waals surface area contributed by atoms with Crippen LogP contribution >= 0.6 is 15.9 Å². The molecular weight excluding hydrogens is 298 g/mol. The average Bonchev–Trinajstić information content (AvgIpc) is 1.91. The molecule has 1 rings (SSSR count). The molecule has 1 aromatic heterocycles. The third-order valence-electron chi connectivity index (χ3n) is 0.902. The quantitative estimate of drug-likeness (QED) is 0.596. The van der Waals surface area contributed by atoms with E-state index in [2.05, 4.69) is 24.7 Å². The molecule has 0 aliphatic carbocycles. The predicted molar refractivity (Wildman–Crippen MR) is 32.6 cm³/mol. The van der Waals surface area contributed by atoms with Gasteiger partial charge in [0.2, 0.25) is 0 Å². The van der Waals surface area contributed by atoms with Gasteiger partial charge in [-0.3, -0.25) is 0 Å². The Hall–Kier alpha value is -0.210. The summed E-state index contributed by atoms with van der Waals surface area (Å²) in [6.07, 6.45) is 1.43. The first-order chi connectivity index (χ1) is 5.49. The van der Waals surface area contributed by atoms with E-state index in [4.69, 9.17) is 0 Å². The summed E-state index contributed by atoms with van der Waals surface area (Å²) < 4.78 is 34.8. The van der Waals surface area contributed by atoms with Gasteiger partial charge in [-0.1, -0.05) is 3.83 Å². The molecule has 0 aliphatic rings. The van der Waals surface area contributed by atoms with Crippen molar-refractivity contribution < 1.29 is 30.5 Å². The molecule has 0 spiro atoms. The highest BCUT2D eigenvalue weighted by Crippen LogP contribution is 2.22. The van der Waals surface area contributed by atoms with E-state index >= 15 is 0 Å². The van der Waals surface area contributed by atoms with Gasteiger partial charge in [0, 0.05) is 6.20 Å². The number of hydrogen-bond acceptors (Lipinski definition) is 5. The summed E-state index contributed by atoms with van der Waals surface area (Å²) in [5, 5.41) is 0. The maximum Gasteiger partial charge on any atom is 0.336 e. The molecule has 0 aliphatic heterocycles. The minimum atomic E-state index is -5.27. The van der Waals surface area contributed by atoms with Crippen molar-refractivity contribution in [2.45, 2.75) is 0 Å². The second-order valence-electron chi connectivity index (χ2n) is 1.75. The Kier molecular flexibility index (Phi) is 3.02. The lowest BCUT2D eigenvalue weighted by Gasteiger charge is -2.07. The summed E-state index contributed by atoms with van der Waals surface area (Å²) >= 11 is -2.35. The third-order valence-corrected chi connectivity index (χ3v) is 2.24. The van der Waals surface area contributed by atoms with Gasteiger partial charge in [-0.25, -0.2) is 17.6 Å². The van der Waals surface area contributed by atoms with Gasteiger partial charge in [0.1, 0.15) is 0 Å². The van der Waals surface area contributed by atoms with Crippen LogP contribution in [0.1, 0.15) is 0 Å². The smallest absolute Gasteiger partial charge is 0.245 e. The standard InChI is InChI=1S/C5H3Br2NO4/c6-5-4(2-1-3-8-5)12-7(9,10)11/h1-3H. The predicted octanol–water partition coefficient (Wildman–Crippen LogP) is -1.88. The molecule has 0 saturated carbocycles. The zero-order valence-electron chi connectivity index (χ0n) is 5.57. The summed E-state index contributed by atoms with van der Waals surface area (Å²) in [6.45, 7) is 0. The van der Waals surface area contributed by atoms with Gasteiger partial charge >= 0.3 is 19.8 Å². The van der Waals surface area contributed by atoms with E-state index in [1.54, 1.807) is 0 Å². The lowest BCUT2D eigenvalue weighted by Crippen LogP contribution is -2.63. The normalized spacial score (nSPS) is 11.3. The number of pyridine rings is 1. The zero-order chi connectivity index (χ0) is 9.19. The highest BCUT2D eigenvalue weighted by atomic mass is 80.0. The van der Waals surface area contributed by atoms with Crippen molar-refractivity contribution in [2.75, 3.05) is 0 Å². The van der Waals surface area contributed by atoms with E-state index < -0.39 is 14.1 Å². The third kappa shape index (κ3) is 3.03. The van der Waals surface area contributed by atoms with Crippen LogP contribution in [0.15, 0.2) is 22.9 Å². The number of rotatable bonds is 2. The van der Waals surface area contributed by atoms with E-state index in [0.717, 1.165) is 0 Å². The molecule has 1 heterocycles. The molecule has 5 nitrogen and oxygen atoms in total. The molecular formula is C5H3Br2NO4. The Bertz CT molecular complexity index is 274.